The third-order valence-electron chi connectivity index (χ3n) is 6.96. The Bertz CT molecular complexity index is 1570. The second kappa shape index (κ2) is 7.63. The van der Waals surface area contributed by atoms with Gasteiger partial charge in [-0.25, -0.2) is 0 Å². The van der Waals surface area contributed by atoms with Crippen molar-refractivity contribution in [1.82, 2.24) is 0 Å². The van der Waals surface area contributed by atoms with E-state index in [1.165, 1.54) is 24.3 Å². The minimum atomic E-state index is -0.674. The molecule has 4 aromatic rings. The van der Waals surface area contributed by atoms with Gasteiger partial charge in [0.1, 0.15) is 34.5 Å². The molecule has 4 aromatic carbocycles. The monoisotopic (exact) mass is 508 g/mol. The summed E-state index contributed by atoms with van der Waals surface area (Å²) in [6.07, 6.45) is 0. The zero-order valence-corrected chi connectivity index (χ0v) is 20.1. The first-order valence-corrected chi connectivity index (χ1v) is 11.6. The van der Waals surface area contributed by atoms with Crippen LogP contribution in [0.4, 0.5) is 0 Å². The molecular weight excluding hydrogens is 488 g/mol. The van der Waals surface area contributed by atoms with Crippen molar-refractivity contribution in [3.8, 4) is 34.5 Å². The molecule has 0 bridgehead atoms. The summed E-state index contributed by atoms with van der Waals surface area (Å²) in [5.41, 5.74) is 1.80. The molecule has 8 nitrogen and oxygen atoms in total. The van der Waals surface area contributed by atoms with Crippen LogP contribution in [0.1, 0.15) is 65.2 Å². The first-order chi connectivity index (χ1) is 18.0. The summed E-state index contributed by atoms with van der Waals surface area (Å²) in [6.45, 7) is 3.42. The van der Waals surface area contributed by atoms with Gasteiger partial charge in [0.2, 0.25) is 11.6 Å². The Hall–Kier alpha value is -5.24. The van der Waals surface area contributed by atoms with E-state index in [0.717, 1.165) is 12.1 Å². The van der Waals surface area contributed by atoms with E-state index in [1.54, 1.807) is 26.0 Å². The maximum atomic E-state index is 13.6. The number of carbonyl (C=O) groups is 2. The Kier molecular flexibility index (Phi) is 4.65. The van der Waals surface area contributed by atoms with Crippen molar-refractivity contribution in [3.63, 3.8) is 0 Å². The van der Waals surface area contributed by atoms with Gasteiger partial charge < -0.3 is 30.6 Å². The second-order valence-corrected chi connectivity index (χ2v) is 9.60. The van der Waals surface area contributed by atoms with Crippen LogP contribution in [0.5, 0.6) is 34.5 Å². The Morgan fingerprint density at radius 2 is 0.711 bits per heavy atom. The summed E-state index contributed by atoms with van der Waals surface area (Å²) in [4.78, 5) is 27.1. The zero-order chi connectivity index (χ0) is 27.2. The van der Waals surface area contributed by atoms with E-state index in [0.29, 0.717) is 11.1 Å². The molecule has 6 N–H and O–H groups in total. The number of phenolic OH excluding ortho intramolecular Hbond substituents is 6. The van der Waals surface area contributed by atoms with Crippen LogP contribution >= 0.6 is 0 Å². The fraction of sp³-hybridized carbons (Fsp3) is 0.0667. The van der Waals surface area contributed by atoms with Crippen LogP contribution in [0.2, 0.25) is 0 Å². The number of phenols is 6. The van der Waals surface area contributed by atoms with Crippen molar-refractivity contribution in [2.45, 2.75) is 13.8 Å². The van der Waals surface area contributed by atoms with Gasteiger partial charge in [0.05, 0.1) is 22.3 Å². The normalized spacial score (nSPS) is 15.5. The van der Waals surface area contributed by atoms with Crippen LogP contribution in [0, 0.1) is 13.8 Å². The third-order valence-corrected chi connectivity index (χ3v) is 6.96. The predicted molar refractivity (Wildman–Crippen MR) is 137 cm³/mol. The first-order valence-electron chi connectivity index (χ1n) is 11.6. The van der Waals surface area contributed by atoms with Crippen LogP contribution in [-0.2, 0) is 0 Å². The van der Waals surface area contributed by atoms with Crippen LogP contribution in [0.3, 0.4) is 0 Å². The molecule has 0 saturated heterocycles. The highest BCUT2D eigenvalue weighted by atomic mass is 16.3. The van der Waals surface area contributed by atoms with Gasteiger partial charge in [-0.3, -0.25) is 9.59 Å². The van der Waals surface area contributed by atoms with Crippen molar-refractivity contribution < 1.29 is 40.2 Å². The van der Waals surface area contributed by atoms with E-state index in [9.17, 15) is 40.2 Å². The topological polar surface area (TPSA) is 156 Å². The molecule has 6 rings (SSSR count). The van der Waals surface area contributed by atoms with E-state index in [4.69, 9.17) is 0 Å². The first kappa shape index (κ1) is 23.2. The van der Waals surface area contributed by atoms with Gasteiger partial charge in [0.25, 0.3) is 0 Å². The Morgan fingerprint density at radius 3 is 1.05 bits per heavy atom. The fourth-order valence-corrected chi connectivity index (χ4v) is 5.58. The molecule has 0 saturated carbocycles. The largest absolute Gasteiger partial charge is 0.508 e. The van der Waals surface area contributed by atoms with Gasteiger partial charge in [0, 0.05) is 23.3 Å². The molecule has 0 radical (unpaired) electrons. The molecule has 2 aliphatic rings. The molecule has 0 spiro atoms. The quantitative estimate of drug-likeness (QED) is 0.173. The minimum Gasteiger partial charge on any atom is -0.508 e. The van der Waals surface area contributed by atoms with E-state index >= 15 is 0 Å². The average Bonchev–Trinajstić information content (AvgIpc) is 2.78. The standard InChI is InChI=1S/C30H20O8/c1-11-3-15-23(17-7-13(31)9-21(35)27(17)29(37)25(15)19(33)5-11)24-16-4-12(2)6-20(34)26(16)30(38)28-18(24)8-14(32)10-22(28)36/h3-10,31-36H,1-2H3/b24-23+. The van der Waals surface area contributed by atoms with Crippen LogP contribution in [-0.4, -0.2) is 42.2 Å². The summed E-state index contributed by atoms with van der Waals surface area (Å²) in [5, 5.41) is 64.0. The molecule has 0 atom stereocenters. The number of hydrogen-bond donors (Lipinski definition) is 6. The minimum absolute atomic E-state index is 0.104. The summed E-state index contributed by atoms with van der Waals surface area (Å²) in [6, 6.07) is 10.7. The van der Waals surface area contributed by atoms with Crippen molar-refractivity contribution >= 4 is 22.7 Å². The van der Waals surface area contributed by atoms with Gasteiger partial charge in [-0.15, -0.1) is 0 Å². The van der Waals surface area contributed by atoms with E-state index in [2.05, 4.69) is 0 Å². The predicted octanol–water partition coefficient (Wildman–Crippen LogP) is 4.63. The average molecular weight is 508 g/mol. The molecule has 2 aliphatic carbocycles. The zero-order valence-electron chi connectivity index (χ0n) is 20.1. The fourth-order valence-electron chi connectivity index (χ4n) is 5.58. The molecule has 0 aromatic heterocycles. The van der Waals surface area contributed by atoms with Crippen LogP contribution < -0.4 is 0 Å². The molecule has 0 aliphatic heterocycles. The van der Waals surface area contributed by atoms with Gasteiger partial charge >= 0.3 is 0 Å². The summed E-state index contributed by atoms with van der Waals surface area (Å²) in [7, 11) is 0. The number of fused-ring (bicyclic) bond motifs is 4. The van der Waals surface area contributed by atoms with Crippen LogP contribution in [0.25, 0.3) is 11.1 Å². The summed E-state index contributed by atoms with van der Waals surface area (Å²) in [5.74, 6) is -3.74. The Balaban J connectivity index is 1.93. The second-order valence-electron chi connectivity index (χ2n) is 9.60. The molecular formula is C30H20O8. The number of benzene rings is 4. The molecule has 0 amide bonds. The lowest BCUT2D eigenvalue weighted by Crippen LogP contribution is -2.20. The maximum absolute atomic E-state index is 13.6. The molecule has 0 heterocycles. The number of carbonyl (C=O) groups excluding carboxylic acids is 2. The SMILES string of the molecule is Cc1cc(O)c2c(c1)/C(=C1/c3cc(C)cc(O)c3C(=O)c3c(O)cc(O)cc31)c1cc(O)cc(O)c1C2=O. The lowest BCUT2D eigenvalue weighted by atomic mass is 9.71. The highest BCUT2D eigenvalue weighted by molar-refractivity contribution is 6.29. The summed E-state index contributed by atoms with van der Waals surface area (Å²) < 4.78 is 0. The van der Waals surface area contributed by atoms with Crippen LogP contribution in [0.15, 0.2) is 48.5 Å². The van der Waals surface area contributed by atoms with Gasteiger partial charge in [-0.2, -0.15) is 0 Å². The Labute approximate surface area is 215 Å². The highest BCUT2D eigenvalue weighted by Crippen LogP contribution is 2.53. The molecule has 188 valence electrons. The third kappa shape index (κ3) is 3.03. The van der Waals surface area contributed by atoms with Gasteiger partial charge in [-0.1, -0.05) is 12.1 Å². The van der Waals surface area contributed by atoms with Crippen molar-refractivity contribution in [3.05, 3.63) is 104 Å². The number of rotatable bonds is 0. The Morgan fingerprint density at radius 1 is 0.421 bits per heavy atom. The smallest absolute Gasteiger partial charge is 0.201 e. The van der Waals surface area contributed by atoms with Crippen molar-refractivity contribution in [2.75, 3.05) is 0 Å². The maximum Gasteiger partial charge on any atom is 0.201 e. The van der Waals surface area contributed by atoms with Crippen molar-refractivity contribution in [2.24, 2.45) is 0 Å². The lowest BCUT2D eigenvalue weighted by Gasteiger charge is -2.30. The molecule has 0 fully saturated rings. The number of hydrogen-bond acceptors (Lipinski definition) is 8. The number of aromatic hydroxyl groups is 6. The number of ketones is 2. The number of aryl methyl sites for hydroxylation is 2. The van der Waals surface area contributed by atoms with E-state index in [1.807, 2.05) is 0 Å². The van der Waals surface area contributed by atoms with Crippen molar-refractivity contribution in [1.29, 1.82) is 0 Å². The highest BCUT2D eigenvalue weighted by Gasteiger charge is 2.39. The van der Waals surface area contributed by atoms with Gasteiger partial charge in [-0.05, 0) is 71.5 Å². The van der Waals surface area contributed by atoms with Gasteiger partial charge in [0.15, 0.2) is 0 Å². The molecule has 8 heteroatoms. The van der Waals surface area contributed by atoms with E-state index < -0.39 is 23.1 Å². The lowest BCUT2D eigenvalue weighted by molar-refractivity contribution is 0.102. The summed E-state index contributed by atoms with van der Waals surface area (Å²) >= 11 is 0. The van der Waals surface area contributed by atoms with E-state index in [-0.39, 0.29) is 78.7 Å². The molecule has 38 heavy (non-hydrogen) atoms. The molecule has 0 unspecified atom stereocenters.